The molecule has 0 saturated carbocycles. The van der Waals surface area contributed by atoms with Gasteiger partial charge in [-0.2, -0.15) is 0 Å². The minimum absolute atomic E-state index is 0.520. The van der Waals surface area contributed by atoms with E-state index in [4.69, 9.17) is 5.48 Å². The molecule has 0 fully saturated rings. The molecule has 6 heterocycles. The van der Waals surface area contributed by atoms with Gasteiger partial charge in [0, 0.05) is 110 Å². The Morgan fingerprint density at radius 3 is 1.05 bits per heavy atom. The first-order valence-corrected chi connectivity index (χ1v) is 36.3. The van der Waals surface area contributed by atoms with E-state index in [-0.39, 0.29) is 0 Å². The lowest BCUT2D eigenvalue weighted by molar-refractivity contribution is -0.660. The molecule has 0 aliphatic carbocycles. The van der Waals surface area contributed by atoms with Crippen LogP contribution in [-0.2, 0) is 42.3 Å². The number of pyridine rings is 6. The van der Waals surface area contributed by atoms with Crippen molar-refractivity contribution in [3.63, 3.8) is 0 Å². The summed E-state index contributed by atoms with van der Waals surface area (Å²) in [6.45, 7) is 46.5. The van der Waals surface area contributed by atoms with E-state index in [2.05, 4.69) is 372 Å². The van der Waals surface area contributed by atoms with Gasteiger partial charge in [-0.05, 0) is 308 Å². The third-order valence-corrected chi connectivity index (χ3v) is 20.7. The van der Waals surface area contributed by atoms with Crippen LogP contribution >= 0.6 is 0 Å². The number of aryl methyl sites for hydroxylation is 24. The van der Waals surface area contributed by atoms with Crippen molar-refractivity contribution < 1.29 is 32.9 Å². The van der Waals surface area contributed by atoms with Crippen molar-refractivity contribution in [1.82, 2.24) is 0 Å². The van der Waals surface area contributed by atoms with Crippen molar-refractivity contribution in [2.24, 2.45) is 42.3 Å². The van der Waals surface area contributed by atoms with E-state index in [0.29, 0.717) is 5.56 Å². The minimum Gasteiger partial charge on any atom is -0.201 e. The van der Waals surface area contributed by atoms with Gasteiger partial charge in [-0.3, -0.25) is 0 Å². The maximum atomic E-state index is 8.24. The molecule has 1 unspecified atom stereocenters. The number of hydrogen-bond acceptors (Lipinski definition) is 0. The van der Waals surface area contributed by atoms with Gasteiger partial charge in [-0.1, -0.05) is 72.9 Å². The topological polar surface area (TPSA) is 23.3 Å². The summed E-state index contributed by atoms with van der Waals surface area (Å²) in [5.74, 6) is -1.61. The molecule has 0 amide bonds. The monoisotopic (exact) mass is 1370 g/mol. The van der Waals surface area contributed by atoms with Crippen LogP contribution in [0.3, 0.4) is 0 Å². The summed E-state index contributed by atoms with van der Waals surface area (Å²) in [6, 6.07) is 53.9. The van der Waals surface area contributed by atoms with Crippen molar-refractivity contribution >= 4 is 0 Å². The Kier molecular flexibility index (Phi) is 25.6. The number of aromatic nitrogens is 6. The first-order chi connectivity index (χ1) is 50.0. The molecule has 0 aliphatic rings. The molecule has 0 bridgehead atoms. The van der Waals surface area contributed by atoms with Gasteiger partial charge in [0.2, 0.25) is 34.2 Å². The zero-order valence-electron chi connectivity index (χ0n) is 72.1. The molecular weight excluding hydrogens is 1250 g/mol. The highest BCUT2D eigenvalue weighted by Gasteiger charge is 2.21. The molecule has 12 aromatic rings. The molecule has 0 N–H and O–H groups in total. The minimum atomic E-state index is -2.36. The molecule has 0 spiro atoms. The Balaban J connectivity index is 0.000000180. The fourth-order valence-corrected chi connectivity index (χ4v) is 13.6. The van der Waals surface area contributed by atoms with Crippen molar-refractivity contribution in [2.45, 2.75) is 172 Å². The number of hydrogen-bond donors (Lipinski definition) is 0. The summed E-state index contributed by atoms with van der Waals surface area (Å²) in [7, 11) is 12.5. The molecular formula is C97H122N6+6. The van der Waals surface area contributed by atoms with E-state index in [1.54, 1.807) is 6.07 Å². The van der Waals surface area contributed by atoms with Crippen LogP contribution in [0.25, 0.3) is 67.5 Å². The SMILES string of the molecule is Cc1cc(C)c(-c2cccc[n+]2C)cc1C.Cc1cc(C)c(C)c(-c2cc(C)c(C)c[n+]2C)c1.Cc1cc(C)c(C)c(-c2ccc(C)c[n+]2C)c1.Cc1cc(C)c(C)c(-c2cccc[n+]2C)c1.Cc1ccc(-c2cc(C)c(C)cc2C)[n+](C)c1.[2H]C([2H])([2H])C([2H])(C)c1ccc(-c2c(C)c(C)cc[n+]2C)c(C)c1. The third kappa shape index (κ3) is 20.3. The molecule has 0 saturated heterocycles. The Morgan fingerprint density at radius 1 is 0.252 bits per heavy atom. The van der Waals surface area contributed by atoms with Gasteiger partial charge in [-0.15, -0.1) is 0 Å². The molecule has 6 heteroatoms. The van der Waals surface area contributed by atoms with Gasteiger partial charge in [0.15, 0.2) is 37.2 Å². The van der Waals surface area contributed by atoms with Crippen LogP contribution in [0.4, 0.5) is 0 Å². The summed E-state index contributed by atoms with van der Waals surface area (Å²) < 4.78 is 44.1. The molecule has 6 aromatic carbocycles. The highest BCUT2D eigenvalue weighted by Crippen LogP contribution is 2.32. The van der Waals surface area contributed by atoms with Crippen molar-refractivity contribution in [3.8, 4) is 67.5 Å². The highest BCUT2D eigenvalue weighted by atomic mass is 14.9. The Hall–Kier alpha value is -9.78. The normalized spacial score (nSPS) is 12.0. The van der Waals surface area contributed by atoms with Crippen LogP contribution in [0.15, 0.2) is 189 Å². The highest BCUT2D eigenvalue weighted by molar-refractivity contribution is 5.69. The van der Waals surface area contributed by atoms with Crippen LogP contribution in [0.2, 0.25) is 0 Å². The van der Waals surface area contributed by atoms with Crippen LogP contribution in [-0.4, -0.2) is 0 Å². The van der Waals surface area contributed by atoms with Crippen LogP contribution in [0.1, 0.15) is 153 Å². The lowest BCUT2D eigenvalue weighted by Crippen LogP contribution is -2.32. The number of nitrogens with zero attached hydrogens (tertiary/aromatic N) is 6. The molecule has 103 heavy (non-hydrogen) atoms. The van der Waals surface area contributed by atoms with Gasteiger partial charge in [0.1, 0.15) is 42.3 Å². The molecule has 534 valence electrons. The van der Waals surface area contributed by atoms with E-state index in [9.17, 15) is 0 Å². The van der Waals surface area contributed by atoms with E-state index < -0.39 is 12.7 Å². The lowest BCUT2D eigenvalue weighted by atomic mass is 9.94. The molecule has 0 aliphatic heterocycles. The average Bonchev–Trinajstić information content (AvgIpc) is 0.891. The van der Waals surface area contributed by atoms with E-state index in [0.717, 1.165) is 16.8 Å². The molecule has 1 atom stereocenters. The summed E-state index contributed by atoms with van der Waals surface area (Å²) in [5, 5.41) is 0. The van der Waals surface area contributed by atoms with E-state index in [1.807, 2.05) is 32.3 Å². The summed E-state index contributed by atoms with van der Waals surface area (Å²) in [5.41, 5.74) is 44.7. The predicted octanol–water partition coefficient (Wildman–Crippen LogP) is 21.0. The predicted molar refractivity (Wildman–Crippen MR) is 437 cm³/mol. The molecule has 6 nitrogen and oxygen atoms in total. The zero-order valence-corrected chi connectivity index (χ0v) is 68.1. The fourth-order valence-electron chi connectivity index (χ4n) is 13.6. The third-order valence-electron chi connectivity index (χ3n) is 20.7. The molecule has 0 radical (unpaired) electrons. The van der Waals surface area contributed by atoms with E-state index in [1.165, 1.54) is 180 Å². The standard InChI is InChI=1S/C18H24N.C17H22N.2C16H20N.2C15H18N/c1-12(2)16-7-8-17(14(4)11-16)18-15(5)13(3)9-10-19(18)6;1-11-7-13(3)15(5)16(8-11)17-9-12(2)14(4)10-18(17)6;1-11-6-7-16(17(5)10-11)15-9-13(3)12(2)8-14(15)4;1-11-6-7-16(17(5)10-11)15-9-12(2)8-13(3)14(15)4;1-11-9-13(3)14(10-12(11)2)15-7-5-6-8-16(15)4;1-11-9-12(2)13(3)14(10-11)15-7-5-6-8-16(15)4/h7-12H,1-6H3;7-10H,1-6H3;2*6-10H,1-5H3;2*5-10H,1-4H3/q6*+1/i1D3,12D;;;;;. The molecule has 12 rings (SSSR count). The second-order valence-electron chi connectivity index (χ2n) is 29.4. The Labute approximate surface area is 628 Å². The largest absolute Gasteiger partial charge is 0.215 e. The average molecular weight is 1380 g/mol. The van der Waals surface area contributed by atoms with Crippen molar-refractivity contribution in [1.29, 1.82) is 0 Å². The van der Waals surface area contributed by atoms with Gasteiger partial charge in [0.25, 0.3) is 0 Å². The second kappa shape index (κ2) is 35.4. The fraction of sp³-hybridized carbons (Fsp3) is 0.320. The summed E-state index contributed by atoms with van der Waals surface area (Å²) in [4.78, 5) is 0. The molecule has 6 aromatic heterocycles. The summed E-state index contributed by atoms with van der Waals surface area (Å²) >= 11 is 0. The first-order valence-electron chi connectivity index (χ1n) is 38.3. The van der Waals surface area contributed by atoms with Crippen LogP contribution in [0, 0.1) is 152 Å². The second-order valence-corrected chi connectivity index (χ2v) is 29.4. The maximum absolute atomic E-state index is 8.24. The maximum Gasteiger partial charge on any atom is 0.215 e. The first kappa shape index (κ1) is 74.4. The van der Waals surface area contributed by atoms with Crippen LogP contribution < -0.4 is 27.4 Å². The van der Waals surface area contributed by atoms with Gasteiger partial charge in [0.05, 0.1) is 0 Å². The summed E-state index contributed by atoms with van der Waals surface area (Å²) in [6.07, 6.45) is 12.8. The lowest BCUT2D eigenvalue weighted by Gasteiger charge is -2.12. The van der Waals surface area contributed by atoms with Crippen molar-refractivity contribution in [2.75, 3.05) is 0 Å². The zero-order chi connectivity index (χ0) is 79.6. The Bertz CT molecular complexity index is 5230. The Morgan fingerprint density at radius 2 is 0.631 bits per heavy atom. The van der Waals surface area contributed by atoms with E-state index >= 15 is 0 Å². The van der Waals surface area contributed by atoms with Gasteiger partial charge < -0.3 is 0 Å². The smallest absolute Gasteiger partial charge is 0.201 e. The van der Waals surface area contributed by atoms with Crippen LogP contribution in [0.5, 0.6) is 0 Å². The van der Waals surface area contributed by atoms with Crippen molar-refractivity contribution in [3.05, 3.63) is 317 Å². The quantitative estimate of drug-likeness (QED) is 0.142. The number of rotatable bonds is 7. The van der Waals surface area contributed by atoms with Gasteiger partial charge >= 0.3 is 0 Å². The number of benzene rings is 6. The van der Waals surface area contributed by atoms with Gasteiger partial charge in [-0.25, -0.2) is 27.4 Å².